The van der Waals surface area contributed by atoms with Crippen LogP contribution in [0.3, 0.4) is 0 Å². The van der Waals surface area contributed by atoms with Gasteiger partial charge in [-0.05, 0) is 30.0 Å². The first-order valence-corrected chi connectivity index (χ1v) is 7.09. The molecule has 0 bridgehead atoms. The maximum atomic E-state index is 12.0. The molecule has 3 nitrogen and oxygen atoms in total. The van der Waals surface area contributed by atoms with E-state index in [0.29, 0.717) is 17.9 Å². The summed E-state index contributed by atoms with van der Waals surface area (Å²) in [5.41, 5.74) is 0.724. The van der Waals surface area contributed by atoms with Crippen molar-refractivity contribution in [2.24, 2.45) is 5.41 Å². The predicted molar refractivity (Wildman–Crippen MR) is 77.5 cm³/mol. The van der Waals surface area contributed by atoms with E-state index in [1.165, 1.54) is 0 Å². The van der Waals surface area contributed by atoms with Crippen LogP contribution in [0, 0.1) is 5.41 Å². The molecule has 1 aromatic rings. The van der Waals surface area contributed by atoms with Gasteiger partial charge < -0.3 is 10.1 Å². The lowest BCUT2D eigenvalue weighted by atomic mass is 9.90. The summed E-state index contributed by atoms with van der Waals surface area (Å²) < 4.78 is 5.10. The smallest absolute Gasteiger partial charge is 0.251 e. The van der Waals surface area contributed by atoms with Crippen molar-refractivity contribution in [1.29, 1.82) is 0 Å². The number of hydrogen-bond donors (Lipinski definition) is 1. The van der Waals surface area contributed by atoms with Crippen molar-refractivity contribution in [2.75, 3.05) is 19.0 Å². The minimum Gasteiger partial charge on any atom is -0.497 e. The summed E-state index contributed by atoms with van der Waals surface area (Å²) in [6.07, 6.45) is 1.02. The van der Waals surface area contributed by atoms with Gasteiger partial charge in [-0.3, -0.25) is 4.79 Å². The summed E-state index contributed by atoms with van der Waals surface area (Å²) >= 11 is 3.43. The average Bonchev–Trinajstić information content (AvgIpc) is 2.36. The second-order valence-electron chi connectivity index (χ2n) is 5.02. The van der Waals surface area contributed by atoms with Crippen molar-refractivity contribution in [3.05, 3.63) is 29.8 Å². The first-order chi connectivity index (χ1) is 8.48. The average molecular weight is 314 g/mol. The number of benzene rings is 1. The second kappa shape index (κ2) is 6.78. The Hall–Kier alpha value is -1.03. The van der Waals surface area contributed by atoms with E-state index in [1.807, 2.05) is 12.1 Å². The molecule has 100 valence electrons. The van der Waals surface area contributed by atoms with Gasteiger partial charge in [0.2, 0.25) is 0 Å². The summed E-state index contributed by atoms with van der Waals surface area (Å²) in [6, 6.07) is 7.17. The van der Waals surface area contributed by atoms with E-state index >= 15 is 0 Å². The van der Waals surface area contributed by atoms with E-state index in [1.54, 1.807) is 19.2 Å². The van der Waals surface area contributed by atoms with Crippen LogP contribution in [-0.4, -0.2) is 24.9 Å². The number of ether oxygens (including phenoxy) is 1. The molecule has 0 unspecified atom stereocenters. The van der Waals surface area contributed by atoms with Crippen molar-refractivity contribution in [1.82, 2.24) is 5.32 Å². The van der Waals surface area contributed by atoms with Crippen LogP contribution in [0.5, 0.6) is 5.75 Å². The number of methoxy groups -OCH3 is 1. The zero-order valence-corrected chi connectivity index (χ0v) is 12.7. The van der Waals surface area contributed by atoms with Gasteiger partial charge >= 0.3 is 0 Å². The molecule has 0 radical (unpaired) electrons. The van der Waals surface area contributed by atoms with Crippen molar-refractivity contribution < 1.29 is 9.53 Å². The predicted octanol–water partition coefficient (Wildman–Crippen LogP) is 3.24. The molecular formula is C14H20BrNO2. The summed E-state index contributed by atoms with van der Waals surface area (Å²) in [7, 11) is 1.59. The van der Waals surface area contributed by atoms with E-state index < -0.39 is 0 Å². The van der Waals surface area contributed by atoms with Crippen LogP contribution in [0.4, 0.5) is 0 Å². The third-order valence-electron chi connectivity index (χ3n) is 2.83. The Kier molecular flexibility index (Phi) is 5.66. The molecule has 0 aliphatic rings. The van der Waals surface area contributed by atoms with Gasteiger partial charge in [-0.1, -0.05) is 35.8 Å². The van der Waals surface area contributed by atoms with Crippen molar-refractivity contribution >= 4 is 21.8 Å². The van der Waals surface area contributed by atoms with Crippen LogP contribution in [0.2, 0.25) is 0 Å². The topological polar surface area (TPSA) is 38.3 Å². The quantitative estimate of drug-likeness (QED) is 0.819. The van der Waals surface area contributed by atoms with E-state index in [0.717, 1.165) is 11.8 Å². The van der Waals surface area contributed by atoms with Crippen LogP contribution in [0.25, 0.3) is 0 Å². The molecule has 0 fully saturated rings. The normalized spacial score (nSPS) is 11.1. The number of rotatable bonds is 6. The zero-order chi connectivity index (χ0) is 13.6. The minimum atomic E-state index is -0.0588. The molecule has 1 N–H and O–H groups in total. The number of carbonyl (C=O) groups excluding carboxylic acids is 1. The van der Waals surface area contributed by atoms with Gasteiger partial charge in [-0.15, -0.1) is 0 Å². The summed E-state index contributed by atoms with van der Waals surface area (Å²) in [6.45, 7) is 4.94. The van der Waals surface area contributed by atoms with Crippen LogP contribution in [0.1, 0.15) is 30.6 Å². The van der Waals surface area contributed by atoms with Crippen molar-refractivity contribution in [3.8, 4) is 5.75 Å². The number of amides is 1. The minimum absolute atomic E-state index is 0.0588. The van der Waals surface area contributed by atoms with Gasteiger partial charge in [0.1, 0.15) is 5.75 Å². The molecule has 0 aliphatic heterocycles. The maximum absolute atomic E-state index is 12.0. The lowest BCUT2D eigenvalue weighted by molar-refractivity contribution is 0.0935. The Morgan fingerprint density at radius 1 is 1.44 bits per heavy atom. The van der Waals surface area contributed by atoms with Crippen LogP contribution < -0.4 is 10.1 Å². The second-order valence-corrected chi connectivity index (χ2v) is 5.81. The lowest BCUT2D eigenvalue weighted by Crippen LogP contribution is -2.34. The van der Waals surface area contributed by atoms with E-state index in [-0.39, 0.29) is 11.3 Å². The number of carbonyl (C=O) groups is 1. The molecule has 18 heavy (non-hydrogen) atoms. The first-order valence-electron chi connectivity index (χ1n) is 5.97. The zero-order valence-electron chi connectivity index (χ0n) is 11.1. The van der Waals surface area contributed by atoms with Gasteiger partial charge in [0, 0.05) is 17.4 Å². The number of hydrogen-bond acceptors (Lipinski definition) is 2. The maximum Gasteiger partial charge on any atom is 0.251 e. The van der Waals surface area contributed by atoms with Gasteiger partial charge in [0.05, 0.1) is 7.11 Å². The fraction of sp³-hybridized carbons (Fsp3) is 0.500. The van der Waals surface area contributed by atoms with Crippen molar-refractivity contribution in [3.63, 3.8) is 0 Å². The monoisotopic (exact) mass is 313 g/mol. The number of alkyl halides is 1. The van der Waals surface area contributed by atoms with Crippen LogP contribution >= 0.6 is 15.9 Å². The highest BCUT2D eigenvalue weighted by molar-refractivity contribution is 9.09. The Labute approximate surface area is 117 Å². The van der Waals surface area contributed by atoms with Crippen LogP contribution in [-0.2, 0) is 0 Å². The Morgan fingerprint density at radius 2 is 2.17 bits per heavy atom. The molecule has 1 aromatic carbocycles. The molecule has 1 rings (SSSR count). The molecule has 0 atom stereocenters. The summed E-state index contributed by atoms with van der Waals surface area (Å²) in [5, 5.41) is 3.90. The number of halogens is 1. The fourth-order valence-electron chi connectivity index (χ4n) is 1.53. The van der Waals surface area contributed by atoms with Crippen LogP contribution in [0.15, 0.2) is 24.3 Å². The molecule has 0 saturated heterocycles. The molecule has 0 saturated carbocycles. The largest absolute Gasteiger partial charge is 0.497 e. The molecule has 0 spiro atoms. The molecule has 0 aromatic heterocycles. The standard InChI is InChI=1S/C14H20BrNO2/c1-14(2,7-8-15)10-16-13(17)11-5-4-6-12(9-11)18-3/h4-6,9H,7-8,10H2,1-3H3,(H,16,17). The SMILES string of the molecule is COc1cccc(C(=O)NCC(C)(C)CCBr)c1. The molecule has 0 heterocycles. The van der Waals surface area contributed by atoms with Gasteiger partial charge in [0.25, 0.3) is 5.91 Å². The molecule has 1 amide bonds. The lowest BCUT2D eigenvalue weighted by Gasteiger charge is -2.23. The van der Waals surface area contributed by atoms with Gasteiger partial charge in [0.15, 0.2) is 0 Å². The summed E-state index contributed by atoms with van der Waals surface area (Å²) in [4.78, 5) is 12.0. The third kappa shape index (κ3) is 4.69. The highest BCUT2D eigenvalue weighted by Gasteiger charge is 2.18. The Balaban J connectivity index is 2.60. The Morgan fingerprint density at radius 3 is 2.78 bits per heavy atom. The van der Waals surface area contributed by atoms with E-state index in [9.17, 15) is 4.79 Å². The Bertz CT molecular complexity index is 405. The van der Waals surface area contributed by atoms with Gasteiger partial charge in [-0.2, -0.15) is 0 Å². The summed E-state index contributed by atoms with van der Waals surface area (Å²) in [5.74, 6) is 0.638. The van der Waals surface area contributed by atoms with Gasteiger partial charge in [-0.25, -0.2) is 0 Å². The fourth-order valence-corrected chi connectivity index (χ4v) is 2.60. The molecule has 4 heteroatoms. The highest BCUT2D eigenvalue weighted by Crippen LogP contribution is 2.20. The third-order valence-corrected chi connectivity index (χ3v) is 3.23. The van der Waals surface area contributed by atoms with E-state index in [2.05, 4.69) is 35.1 Å². The molecular weight excluding hydrogens is 294 g/mol. The van der Waals surface area contributed by atoms with E-state index in [4.69, 9.17) is 4.74 Å². The first kappa shape index (κ1) is 15.0. The highest BCUT2D eigenvalue weighted by atomic mass is 79.9. The number of nitrogens with one attached hydrogen (secondary N) is 1. The molecule has 0 aliphatic carbocycles. The van der Waals surface area contributed by atoms with Crippen molar-refractivity contribution in [2.45, 2.75) is 20.3 Å².